The van der Waals surface area contributed by atoms with Gasteiger partial charge in [0.05, 0.1) is 17.4 Å². The van der Waals surface area contributed by atoms with Crippen molar-refractivity contribution in [2.24, 2.45) is 0 Å². The summed E-state index contributed by atoms with van der Waals surface area (Å²) in [6.45, 7) is 3.34. The summed E-state index contributed by atoms with van der Waals surface area (Å²) in [7, 11) is 2.53. The molecule has 0 unspecified atom stereocenters. The highest BCUT2D eigenvalue weighted by Crippen LogP contribution is 2.43. The summed E-state index contributed by atoms with van der Waals surface area (Å²) in [5, 5.41) is 0. The van der Waals surface area contributed by atoms with E-state index >= 15 is 0 Å². The van der Waals surface area contributed by atoms with E-state index in [4.69, 9.17) is 0 Å². The molecule has 0 aromatic heterocycles. The van der Waals surface area contributed by atoms with Crippen molar-refractivity contribution in [3.63, 3.8) is 0 Å². The van der Waals surface area contributed by atoms with Crippen molar-refractivity contribution in [3.05, 3.63) is 28.7 Å². The van der Waals surface area contributed by atoms with Crippen LogP contribution in [-0.2, 0) is 24.6 Å². The van der Waals surface area contributed by atoms with Crippen LogP contribution in [0.5, 0.6) is 0 Å². The summed E-state index contributed by atoms with van der Waals surface area (Å²) in [5.74, 6) is -0.715. The van der Waals surface area contributed by atoms with E-state index in [0.29, 0.717) is 16.2 Å². The molecule has 1 amide bonds. The number of hydrogen-bond donors (Lipinski definition) is 0. The summed E-state index contributed by atoms with van der Waals surface area (Å²) in [6.07, 6.45) is 0. The minimum Gasteiger partial charge on any atom is -0.468 e. The average Bonchev–Trinajstić information content (AvgIpc) is 2.67. The van der Waals surface area contributed by atoms with Crippen molar-refractivity contribution in [1.82, 2.24) is 0 Å². The van der Waals surface area contributed by atoms with Gasteiger partial charge < -0.3 is 9.64 Å². The number of methoxy groups -OCH3 is 1. The minimum atomic E-state index is -0.825. The lowest BCUT2D eigenvalue weighted by Crippen LogP contribution is -2.39. The van der Waals surface area contributed by atoms with E-state index in [1.54, 1.807) is 26.0 Å². The third-order valence-corrected chi connectivity index (χ3v) is 3.62. The number of rotatable bonds is 4. The largest absolute Gasteiger partial charge is 0.468 e. The highest BCUT2D eigenvalue weighted by Gasteiger charge is 2.45. The molecule has 1 aliphatic rings. The maximum atomic E-state index is 12.5. The van der Waals surface area contributed by atoms with E-state index < -0.39 is 11.4 Å². The van der Waals surface area contributed by atoms with Gasteiger partial charge in [-0.3, -0.25) is 9.59 Å². The monoisotopic (exact) mass is 293 g/mol. The van der Waals surface area contributed by atoms with Crippen molar-refractivity contribution >= 4 is 23.3 Å². The third-order valence-electron chi connectivity index (χ3n) is 3.62. The molecule has 1 aliphatic heterocycles. The second kappa shape index (κ2) is 5.16. The molecule has 2 rings (SSSR count). The predicted molar refractivity (Wildman–Crippen MR) is 74.1 cm³/mol. The lowest BCUT2D eigenvalue weighted by molar-refractivity contribution is -0.736. The zero-order valence-corrected chi connectivity index (χ0v) is 12.4. The first-order valence-corrected chi connectivity index (χ1v) is 6.37. The fraction of sp³-hybridized carbons (Fsp3) is 0.429. The van der Waals surface area contributed by atoms with Gasteiger partial charge in [0, 0.05) is 17.8 Å². The van der Waals surface area contributed by atoms with Crippen molar-refractivity contribution in [3.8, 4) is 0 Å². The fourth-order valence-corrected chi connectivity index (χ4v) is 2.39. The van der Waals surface area contributed by atoms with Gasteiger partial charge in [-0.15, -0.1) is 0 Å². The molecular weight excluding hydrogens is 276 g/mol. The Kier molecular flexibility index (Phi) is 3.67. The normalized spacial score (nSPS) is 15.6. The van der Waals surface area contributed by atoms with Crippen LogP contribution in [0.1, 0.15) is 19.4 Å². The van der Waals surface area contributed by atoms with E-state index in [-0.39, 0.29) is 18.1 Å². The van der Waals surface area contributed by atoms with Gasteiger partial charge in [0.2, 0.25) is 5.91 Å². The maximum Gasteiger partial charge on any atom is 0.325 e. The number of nitrogens with zero attached hydrogens (tertiary/aromatic N) is 2. The second-order valence-electron chi connectivity index (χ2n) is 5.23. The number of benzene rings is 1. The molecule has 0 bridgehead atoms. The smallest absolute Gasteiger partial charge is 0.325 e. The zero-order valence-electron chi connectivity index (χ0n) is 12.4. The molecule has 112 valence electrons. The zero-order chi connectivity index (χ0) is 15.8. The Balaban J connectivity index is 2.49. The molecule has 0 radical (unpaired) electrons. The van der Waals surface area contributed by atoms with Gasteiger partial charge in [0.25, 0.3) is 4.92 Å². The number of ether oxygens (including phenoxy) is 1. The number of amides is 1. The van der Waals surface area contributed by atoms with Gasteiger partial charge in [-0.25, -0.2) is 4.84 Å². The lowest BCUT2D eigenvalue weighted by Gasteiger charge is -2.19. The second-order valence-corrected chi connectivity index (χ2v) is 5.23. The summed E-state index contributed by atoms with van der Waals surface area (Å²) >= 11 is 0. The predicted octanol–water partition coefficient (Wildman–Crippen LogP) is 1.46. The van der Waals surface area contributed by atoms with Gasteiger partial charge in [0.15, 0.2) is 7.11 Å². The van der Waals surface area contributed by atoms with Crippen molar-refractivity contribution in [2.75, 3.05) is 25.7 Å². The number of hydrogen-bond acceptors (Lipinski definition) is 5. The molecule has 0 saturated carbocycles. The summed E-state index contributed by atoms with van der Waals surface area (Å²) in [4.78, 5) is 41.8. The van der Waals surface area contributed by atoms with Crippen LogP contribution in [0.2, 0.25) is 0 Å². The van der Waals surface area contributed by atoms with Crippen molar-refractivity contribution < 1.29 is 24.1 Å². The molecule has 0 fully saturated rings. The quantitative estimate of drug-likeness (QED) is 0.620. The van der Waals surface area contributed by atoms with Gasteiger partial charge >= 0.3 is 11.7 Å². The molecule has 0 saturated heterocycles. The molecule has 1 aromatic carbocycles. The SMILES string of the molecule is COC(=O)CN1C(=O)C(C)(C)c2cc([N+](=O)OC)ccc21. The number of anilines is 1. The Bertz CT molecular complexity index is 624. The van der Waals surface area contributed by atoms with E-state index in [2.05, 4.69) is 9.57 Å². The summed E-state index contributed by atoms with van der Waals surface area (Å²) in [5.41, 5.74) is 0.737. The molecule has 7 nitrogen and oxygen atoms in total. The molecule has 1 heterocycles. The number of carbonyl (C=O) groups is 2. The highest BCUT2D eigenvalue weighted by atomic mass is 16.8. The lowest BCUT2D eigenvalue weighted by atomic mass is 9.86. The standard InChI is InChI=1S/C14H17N2O5/c1-14(2)10-7-9(16(19)21-4)5-6-11(10)15(13(14)18)8-12(17)20-3/h5-7H,8H2,1-4H3/q+1. The topological polar surface area (TPSA) is 75.9 Å². The molecule has 0 N–H and O–H groups in total. The van der Waals surface area contributed by atoms with Gasteiger partial charge in [-0.1, -0.05) is 0 Å². The van der Waals surface area contributed by atoms with E-state index in [1.165, 1.54) is 25.2 Å². The average molecular weight is 293 g/mol. The van der Waals surface area contributed by atoms with E-state index in [0.717, 1.165) is 0 Å². The van der Waals surface area contributed by atoms with Crippen LogP contribution >= 0.6 is 0 Å². The molecule has 0 spiro atoms. The number of carbonyl (C=O) groups excluding carboxylic acids is 2. The Morgan fingerprint density at radius 2 is 2.00 bits per heavy atom. The number of fused-ring (bicyclic) bond motifs is 1. The fourth-order valence-electron chi connectivity index (χ4n) is 2.39. The Morgan fingerprint density at radius 1 is 1.33 bits per heavy atom. The van der Waals surface area contributed by atoms with Crippen LogP contribution < -0.4 is 4.90 Å². The van der Waals surface area contributed by atoms with Crippen molar-refractivity contribution in [2.45, 2.75) is 19.3 Å². The van der Waals surface area contributed by atoms with E-state index in [1.807, 2.05) is 0 Å². The van der Waals surface area contributed by atoms with Crippen LogP contribution in [0.15, 0.2) is 18.2 Å². The highest BCUT2D eigenvalue weighted by molar-refractivity contribution is 6.10. The number of esters is 1. The summed E-state index contributed by atoms with van der Waals surface area (Å²) < 4.78 is 4.61. The third kappa shape index (κ3) is 2.35. The maximum absolute atomic E-state index is 12.5. The van der Waals surface area contributed by atoms with Crippen LogP contribution in [0.4, 0.5) is 11.4 Å². The first-order chi connectivity index (χ1) is 9.82. The minimum absolute atomic E-state index is 0.156. The molecule has 0 aliphatic carbocycles. The Morgan fingerprint density at radius 3 is 2.57 bits per heavy atom. The molecule has 0 atom stereocenters. The molecule has 7 heteroatoms. The Hall–Kier alpha value is -2.44. The van der Waals surface area contributed by atoms with Gasteiger partial charge in [0.1, 0.15) is 6.54 Å². The Labute approximate surface area is 122 Å². The molecule has 1 aromatic rings. The first kappa shape index (κ1) is 15.0. The van der Waals surface area contributed by atoms with Crippen molar-refractivity contribution in [1.29, 1.82) is 0 Å². The van der Waals surface area contributed by atoms with Gasteiger partial charge in [-0.05, 0) is 25.5 Å². The van der Waals surface area contributed by atoms with Crippen LogP contribution in [0, 0.1) is 4.91 Å². The van der Waals surface area contributed by atoms with Crippen LogP contribution in [0.3, 0.4) is 0 Å². The molecule has 21 heavy (non-hydrogen) atoms. The van der Waals surface area contributed by atoms with Crippen LogP contribution in [0.25, 0.3) is 0 Å². The van der Waals surface area contributed by atoms with E-state index in [9.17, 15) is 14.5 Å². The van der Waals surface area contributed by atoms with Gasteiger partial charge in [-0.2, -0.15) is 0 Å². The molecular formula is C14H17N2O5+. The summed E-state index contributed by atoms with van der Waals surface area (Å²) in [6, 6.07) is 4.76. The first-order valence-electron chi connectivity index (χ1n) is 6.37. The van der Waals surface area contributed by atoms with Crippen LogP contribution in [-0.4, -0.2) is 37.6 Å².